The van der Waals surface area contributed by atoms with Gasteiger partial charge in [-0.3, -0.25) is 13.9 Å². The second kappa shape index (κ2) is 12.2. The Hall–Kier alpha value is -3.08. The van der Waals surface area contributed by atoms with E-state index in [2.05, 4.69) is 5.32 Å². The highest BCUT2D eigenvalue weighted by atomic mass is 32.2. The van der Waals surface area contributed by atoms with Gasteiger partial charge in [-0.05, 0) is 56.0 Å². The summed E-state index contributed by atoms with van der Waals surface area (Å²) in [5.41, 5.74) is 0.324. The fourth-order valence-corrected chi connectivity index (χ4v) is 5.41. The molecule has 38 heavy (non-hydrogen) atoms. The lowest BCUT2D eigenvalue weighted by Gasteiger charge is -2.33. The number of amides is 2. The molecule has 11 heteroatoms. The molecule has 3 rings (SSSR count). The largest absolute Gasteiger partial charge is 0.416 e. The Kier molecular flexibility index (Phi) is 9.45. The van der Waals surface area contributed by atoms with Crippen LogP contribution in [0, 0.1) is 6.92 Å². The predicted molar refractivity (Wildman–Crippen MR) is 140 cm³/mol. The van der Waals surface area contributed by atoms with E-state index in [0.717, 1.165) is 61.6 Å². The normalized spacial score (nSPS) is 15.5. The first-order chi connectivity index (χ1) is 17.8. The van der Waals surface area contributed by atoms with Crippen molar-refractivity contribution < 1.29 is 31.2 Å². The number of carbonyl (C=O) groups is 2. The molecule has 0 saturated heterocycles. The van der Waals surface area contributed by atoms with E-state index in [4.69, 9.17) is 0 Å². The molecular formula is C27H34F3N3O4S. The van der Waals surface area contributed by atoms with Crippen LogP contribution in [-0.4, -0.2) is 50.0 Å². The van der Waals surface area contributed by atoms with Gasteiger partial charge in [0.1, 0.15) is 12.6 Å². The van der Waals surface area contributed by atoms with Crippen molar-refractivity contribution in [1.82, 2.24) is 10.2 Å². The lowest BCUT2D eigenvalue weighted by Crippen LogP contribution is -2.53. The molecule has 1 aliphatic rings. The summed E-state index contributed by atoms with van der Waals surface area (Å²) in [6.45, 7) is 2.71. The molecule has 2 amide bonds. The van der Waals surface area contributed by atoms with Crippen molar-refractivity contribution in [1.29, 1.82) is 0 Å². The van der Waals surface area contributed by atoms with Crippen LogP contribution < -0.4 is 9.62 Å². The molecule has 1 saturated carbocycles. The number of aryl methyl sites for hydroxylation is 1. The van der Waals surface area contributed by atoms with Crippen LogP contribution in [0.4, 0.5) is 18.9 Å². The molecule has 1 aliphatic carbocycles. The van der Waals surface area contributed by atoms with Crippen LogP contribution in [0.15, 0.2) is 48.5 Å². The zero-order valence-electron chi connectivity index (χ0n) is 21.8. The Morgan fingerprint density at radius 3 is 2.32 bits per heavy atom. The maximum atomic E-state index is 13.6. The molecule has 0 unspecified atom stereocenters. The highest BCUT2D eigenvalue weighted by molar-refractivity contribution is 7.92. The van der Waals surface area contributed by atoms with Crippen LogP contribution in [0.3, 0.4) is 0 Å². The number of alkyl halides is 3. The van der Waals surface area contributed by atoms with E-state index >= 15 is 0 Å². The Labute approximate surface area is 222 Å². The topological polar surface area (TPSA) is 86.8 Å². The molecule has 2 aromatic carbocycles. The maximum Gasteiger partial charge on any atom is 0.416 e. The number of halogens is 3. The number of nitrogens with zero attached hydrogens (tertiary/aromatic N) is 2. The van der Waals surface area contributed by atoms with E-state index in [1.807, 2.05) is 25.1 Å². The van der Waals surface area contributed by atoms with Gasteiger partial charge in [-0.2, -0.15) is 13.2 Å². The quantitative estimate of drug-likeness (QED) is 0.490. The molecular weight excluding hydrogens is 519 g/mol. The molecule has 1 fully saturated rings. The summed E-state index contributed by atoms with van der Waals surface area (Å²) < 4.78 is 65.8. The minimum Gasteiger partial charge on any atom is -0.352 e. The van der Waals surface area contributed by atoms with Crippen LogP contribution >= 0.6 is 0 Å². The summed E-state index contributed by atoms with van der Waals surface area (Å²) in [4.78, 5) is 28.1. The summed E-state index contributed by atoms with van der Waals surface area (Å²) >= 11 is 0. The van der Waals surface area contributed by atoms with Crippen LogP contribution in [-0.2, 0) is 32.3 Å². The van der Waals surface area contributed by atoms with E-state index in [0.29, 0.717) is 10.4 Å². The molecule has 1 atom stereocenters. The fraction of sp³-hybridized carbons (Fsp3) is 0.481. The number of anilines is 1. The second-order valence-electron chi connectivity index (χ2n) is 9.79. The zero-order valence-corrected chi connectivity index (χ0v) is 22.6. The number of carbonyl (C=O) groups excluding carboxylic acids is 2. The Morgan fingerprint density at radius 2 is 1.71 bits per heavy atom. The van der Waals surface area contributed by atoms with Gasteiger partial charge in [0.15, 0.2) is 0 Å². The van der Waals surface area contributed by atoms with Crippen molar-refractivity contribution in [3.63, 3.8) is 0 Å². The highest BCUT2D eigenvalue weighted by Crippen LogP contribution is 2.32. The first-order valence-corrected chi connectivity index (χ1v) is 14.4. The monoisotopic (exact) mass is 553 g/mol. The molecule has 0 heterocycles. The summed E-state index contributed by atoms with van der Waals surface area (Å²) in [7, 11) is -4.14. The lowest BCUT2D eigenvalue weighted by molar-refractivity contribution is -0.139. The highest BCUT2D eigenvalue weighted by Gasteiger charge is 2.34. The van der Waals surface area contributed by atoms with Crippen molar-refractivity contribution in [3.8, 4) is 0 Å². The third-order valence-corrected chi connectivity index (χ3v) is 8.00. The van der Waals surface area contributed by atoms with Gasteiger partial charge in [0, 0.05) is 12.6 Å². The molecule has 0 bridgehead atoms. The van der Waals surface area contributed by atoms with E-state index < -0.39 is 40.3 Å². The fourth-order valence-electron chi connectivity index (χ4n) is 4.57. The molecule has 0 spiro atoms. The van der Waals surface area contributed by atoms with E-state index in [9.17, 15) is 31.2 Å². The summed E-state index contributed by atoms with van der Waals surface area (Å²) in [5, 5.41) is 3.00. The number of hydrogen-bond acceptors (Lipinski definition) is 4. The van der Waals surface area contributed by atoms with Gasteiger partial charge in [0.05, 0.1) is 17.5 Å². The molecule has 0 aliphatic heterocycles. The molecule has 208 valence electrons. The number of benzene rings is 2. The van der Waals surface area contributed by atoms with Crippen LogP contribution in [0.1, 0.15) is 55.7 Å². The summed E-state index contributed by atoms with van der Waals surface area (Å²) in [6, 6.07) is 10.2. The average Bonchev–Trinajstić information content (AvgIpc) is 2.85. The van der Waals surface area contributed by atoms with Gasteiger partial charge in [0.2, 0.25) is 21.8 Å². The van der Waals surface area contributed by atoms with Crippen LogP contribution in [0.25, 0.3) is 0 Å². The van der Waals surface area contributed by atoms with Crippen LogP contribution in [0.2, 0.25) is 0 Å². The number of hydrogen-bond donors (Lipinski definition) is 1. The van der Waals surface area contributed by atoms with Gasteiger partial charge in [-0.25, -0.2) is 8.42 Å². The first kappa shape index (κ1) is 29.5. The van der Waals surface area contributed by atoms with Gasteiger partial charge in [-0.15, -0.1) is 0 Å². The van der Waals surface area contributed by atoms with Gasteiger partial charge >= 0.3 is 6.18 Å². The van der Waals surface area contributed by atoms with Crippen molar-refractivity contribution in [2.75, 3.05) is 17.1 Å². The van der Waals surface area contributed by atoms with Crippen LogP contribution in [0.5, 0.6) is 0 Å². The zero-order chi connectivity index (χ0) is 28.1. The number of sulfonamides is 1. The molecule has 1 N–H and O–H groups in total. The van der Waals surface area contributed by atoms with Crippen molar-refractivity contribution >= 4 is 27.5 Å². The lowest BCUT2D eigenvalue weighted by atomic mass is 9.95. The van der Waals surface area contributed by atoms with E-state index in [-0.39, 0.29) is 24.2 Å². The van der Waals surface area contributed by atoms with Crippen molar-refractivity contribution in [3.05, 3.63) is 65.2 Å². The number of rotatable bonds is 9. The minimum absolute atomic E-state index is 0.00624. The third kappa shape index (κ3) is 7.72. The van der Waals surface area contributed by atoms with Crippen molar-refractivity contribution in [2.45, 2.75) is 70.8 Å². The Morgan fingerprint density at radius 1 is 1.05 bits per heavy atom. The maximum absolute atomic E-state index is 13.6. The second-order valence-corrected chi connectivity index (χ2v) is 11.7. The Bertz CT molecular complexity index is 1240. The standard InChI is InChI=1S/C27H34F3N3O4S/c1-19-10-7-8-11-21(19)17-32(20(2)26(35)31-23-13-5-4-6-14-23)25(34)18-33(38(3,36)37)24-15-9-12-22(16-24)27(28,29)30/h7-12,15-16,20,23H,4-6,13-14,17-18H2,1-3H3,(H,31,35)/t20-/m1/s1. The smallest absolute Gasteiger partial charge is 0.352 e. The SMILES string of the molecule is Cc1ccccc1CN(C(=O)CN(c1cccc(C(F)(F)F)c1)S(C)(=O)=O)[C@H](C)C(=O)NC1CCCCC1. The first-order valence-electron chi connectivity index (χ1n) is 12.6. The molecule has 2 aromatic rings. The Balaban J connectivity index is 1.92. The molecule has 0 radical (unpaired) electrons. The molecule has 7 nitrogen and oxygen atoms in total. The van der Waals surface area contributed by atoms with E-state index in [1.165, 1.54) is 11.0 Å². The van der Waals surface area contributed by atoms with Gasteiger partial charge in [-0.1, -0.05) is 49.6 Å². The van der Waals surface area contributed by atoms with E-state index in [1.54, 1.807) is 13.0 Å². The molecule has 0 aromatic heterocycles. The number of nitrogens with one attached hydrogen (secondary N) is 1. The van der Waals surface area contributed by atoms with Gasteiger partial charge in [0.25, 0.3) is 0 Å². The van der Waals surface area contributed by atoms with Crippen molar-refractivity contribution in [2.24, 2.45) is 0 Å². The summed E-state index contributed by atoms with van der Waals surface area (Å²) in [5.74, 6) is -1.06. The van der Waals surface area contributed by atoms with Gasteiger partial charge < -0.3 is 10.2 Å². The minimum atomic E-state index is -4.69. The summed E-state index contributed by atoms with van der Waals surface area (Å²) in [6.07, 6.45) is 0.952. The third-order valence-electron chi connectivity index (χ3n) is 6.86. The predicted octanol–water partition coefficient (Wildman–Crippen LogP) is 4.65. The average molecular weight is 554 g/mol.